The van der Waals surface area contributed by atoms with Crippen molar-refractivity contribution >= 4 is 21.8 Å². The molecule has 6 rings (SSSR count). The Bertz CT molecular complexity index is 1670. The molecule has 1 saturated heterocycles. The lowest BCUT2D eigenvalue weighted by Crippen LogP contribution is -2.61. The summed E-state index contributed by atoms with van der Waals surface area (Å²) in [5, 5.41) is 25.0. The third kappa shape index (κ3) is 6.20. The predicted octanol–water partition coefficient (Wildman–Crippen LogP) is 6.63. The van der Waals surface area contributed by atoms with E-state index in [0.29, 0.717) is 12.8 Å². The number of fused-ring (bicyclic) bond motifs is 1. The summed E-state index contributed by atoms with van der Waals surface area (Å²) in [4.78, 5) is 15.5. The summed E-state index contributed by atoms with van der Waals surface area (Å²) in [6.07, 6.45) is -0.127. The molecular weight excluding hydrogens is 671 g/mol. The fraction of sp³-hybridized carbons (Fsp3) is 0.375. The van der Waals surface area contributed by atoms with Crippen molar-refractivity contribution in [1.82, 2.24) is 4.90 Å². The van der Waals surface area contributed by atoms with Gasteiger partial charge in [-0.2, -0.15) is 0 Å². The molecule has 1 saturated carbocycles. The van der Waals surface area contributed by atoms with Crippen LogP contribution in [-0.4, -0.2) is 70.9 Å². The second kappa shape index (κ2) is 13.7. The lowest BCUT2D eigenvalue weighted by Gasteiger charge is -2.55. The first kappa shape index (κ1) is 34.3. The van der Waals surface area contributed by atoms with Crippen LogP contribution in [0.4, 0.5) is 4.39 Å². The van der Waals surface area contributed by atoms with Gasteiger partial charge in [-0.15, -0.1) is 0 Å². The van der Waals surface area contributed by atoms with E-state index in [1.165, 1.54) is 30.9 Å². The minimum absolute atomic E-state index is 0.0240. The van der Waals surface area contributed by atoms with Crippen molar-refractivity contribution in [3.63, 3.8) is 0 Å². The Morgan fingerprint density at radius 3 is 2.12 bits per heavy atom. The van der Waals surface area contributed by atoms with Crippen LogP contribution in [0.15, 0.2) is 109 Å². The molecule has 1 aliphatic carbocycles. The van der Waals surface area contributed by atoms with Gasteiger partial charge in [0.2, 0.25) is 5.91 Å². The summed E-state index contributed by atoms with van der Waals surface area (Å²) in [5.41, 5.74) is 0.727. The number of alkyl halides is 1. The Morgan fingerprint density at radius 1 is 0.958 bits per heavy atom. The van der Waals surface area contributed by atoms with E-state index < -0.39 is 39.7 Å². The summed E-state index contributed by atoms with van der Waals surface area (Å²) in [6.45, 7) is 1.85. The van der Waals surface area contributed by atoms with Gasteiger partial charge < -0.3 is 24.3 Å². The number of carbonyl (C=O) groups is 1. The molecule has 4 aromatic carbocycles. The molecule has 0 spiro atoms. The van der Waals surface area contributed by atoms with Gasteiger partial charge in [-0.25, -0.2) is 4.39 Å². The number of aliphatic hydroxyl groups is 2. The number of carbonyl (C=O) groups excluding carboxylic acids is 1. The lowest BCUT2D eigenvalue weighted by atomic mass is 9.51. The number of halogens is 2. The summed E-state index contributed by atoms with van der Waals surface area (Å²) in [7, 11) is 5.83. The number of methoxy groups -OCH3 is 1. The molecule has 1 heterocycles. The molecule has 2 aliphatic rings. The number of hydrogen-bond acceptors (Lipinski definition) is 4. The van der Waals surface area contributed by atoms with E-state index in [0.717, 1.165) is 28.7 Å². The number of rotatable bonds is 10. The smallest absolute Gasteiger partial charge is 0.223 e. The fourth-order valence-corrected chi connectivity index (χ4v) is 9.69. The van der Waals surface area contributed by atoms with Crippen molar-refractivity contribution in [1.29, 1.82) is 0 Å². The molecule has 4 aromatic rings. The Kier molecular flexibility index (Phi) is 9.83. The summed E-state index contributed by atoms with van der Waals surface area (Å²) >= 11 is 3.99. The van der Waals surface area contributed by atoms with Crippen molar-refractivity contribution in [2.45, 2.75) is 47.9 Å². The quantitative estimate of drug-likeness (QED) is 0.110. The normalized spacial score (nSPS) is 25.0. The summed E-state index contributed by atoms with van der Waals surface area (Å²) in [6, 6.07) is 34.5. The molecule has 48 heavy (non-hydrogen) atoms. The van der Waals surface area contributed by atoms with Crippen molar-refractivity contribution < 1.29 is 28.6 Å². The average molecular weight is 717 g/mol. The highest BCUT2D eigenvalue weighted by atomic mass is 79.9. The number of benzene rings is 4. The first-order valence-corrected chi connectivity index (χ1v) is 17.6. The molecule has 1 unspecified atom stereocenters. The van der Waals surface area contributed by atoms with Gasteiger partial charge in [0.15, 0.2) is 0 Å². The molecular formula is C40H45BrFN2O4+. The highest BCUT2D eigenvalue weighted by Crippen LogP contribution is 2.62. The molecule has 1 amide bonds. The second-order valence-corrected chi connectivity index (χ2v) is 15.0. The van der Waals surface area contributed by atoms with Gasteiger partial charge in [-0.05, 0) is 35.7 Å². The van der Waals surface area contributed by atoms with Crippen LogP contribution in [0.5, 0.6) is 5.75 Å². The van der Waals surface area contributed by atoms with Crippen LogP contribution in [-0.2, 0) is 22.4 Å². The van der Waals surface area contributed by atoms with E-state index in [4.69, 9.17) is 4.74 Å². The molecule has 0 bridgehead atoms. The third-order valence-electron chi connectivity index (χ3n) is 10.7. The summed E-state index contributed by atoms with van der Waals surface area (Å²) < 4.78 is 21.3. The van der Waals surface area contributed by atoms with Crippen LogP contribution in [0.25, 0.3) is 0 Å². The zero-order valence-corrected chi connectivity index (χ0v) is 29.4. The number of amides is 1. The minimum atomic E-state index is -1.90. The van der Waals surface area contributed by atoms with Crippen LogP contribution in [0, 0.1) is 17.7 Å². The maximum Gasteiger partial charge on any atom is 0.223 e. The van der Waals surface area contributed by atoms with Gasteiger partial charge in [0, 0.05) is 47.8 Å². The monoisotopic (exact) mass is 715 g/mol. The topological polar surface area (TPSA) is 70.0 Å². The van der Waals surface area contributed by atoms with Crippen molar-refractivity contribution in [2.75, 3.05) is 34.3 Å². The van der Waals surface area contributed by atoms with Gasteiger partial charge in [0.1, 0.15) is 23.7 Å². The molecule has 1 aliphatic heterocycles. The Hall–Kier alpha value is -3.56. The molecule has 5 atom stereocenters. The first-order valence-electron chi connectivity index (χ1n) is 16.7. The van der Waals surface area contributed by atoms with Gasteiger partial charge in [0.25, 0.3) is 0 Å². The lowest BCUT2D eigenvalue weighted by molar-refractivity contribution is -0.903. The molecule has 252 valence electrons. The average Bonchev–Trinajstić information content (AvgIpc) is 3.45. The van der Waals surface area contributed by atoms with Gasteiger partial charge in [-0.1, -0.05) is 107 Å². The van der Waals surface area contributed by atoms with E-state index in [-0.39, 0.29) is 30.2 Å². The van der Waals surface area contributed by atoms with Gasteiger partial charge in [-0.3, -0.25) is 4.79 Å². The van der Waals surface area contributed by atoms with E-state index in [1.807, 2.05) is 59.5 Å². The van der Waals surface area contributed by atoms with Gasteiger partial charge >= 0.3 is 0 Å². The van der Waals surface area contributed by atoms with Crippen LogP contribution in [0.2, 0.25) is 0 Å². The van der Waals surface area contributed by atoms with E-state index >= 15 is 0 Å². The number of hydrogen-bond donors (Lipinski definition) is 2. The Labute approximate surface area is 291 Å². The zero-order chi connectivity index (χ0) is 34.1. The molecule has 0 radical (unpaired) electrons. The third-order valence-corrected chi connectivity index (χ3v) is 11.7. The largest absolute Gasteiger partial charge is 0.496 e. The van der Waals surface area contributed by atoms with E-state index in [9.17, 15) is 19.4 Å². The highest BCUT2D eigenvalue weighted by Gasteiger charge is 2.67. The van der Waals surface area contributed by atoms with Crippen molar-refractivity contribution in [3.05, 3.63) is 137 Å². The standard InChI is InChI=1S/C40H45BrFN2O4/c1-44(2,27-28-14-7-4-8-15-28)23-13-20-36(46)43-26-33-37(38(43)41)39(29-16-9-5-10-17-29,30-18-11-6-12-19-30)25-35(45)40(33,47)32-24-31(42)21-22-34(32)48-3/h4-12,14-19,21-22,24,33,35,37-38,45,47H,13,20,23,25-27H2,1-3H3/q+1/t33-,35+,37-,38?,40-/m0/s1. The van der Waals surface area contributed by atoms with E-state index in [1.54, 1.807) is 0 Å². The van der Waals surface area contributed by atoms with Crippen molar-refractivity contribution in [3.8, 4) is 5.75 Å². The number of ether oxygens (including phenoxy) is 1. The number of nitrogens with zero attached hydrogens (tertiary/aromatic N) is 2. The van der Waals surface area contributed by atoms with E-state index in [2.05, 4.69) is 66.4 Å². The van der Waals surface area contributed by atoms with Crippen LogP contribution < -0.4 is 4.74 Å². The predicted molar refractivity (Wildman–Crippen MR) is 189 cm³/mol. The van der Waals surface area contributed by atoms with Crippen LogP contribution in [0.3, 0.4) is 0 Å². The molecule has 6 nitrogen and oxygen atoms in total. The number of quaternary nitrogens is 1. The second-order valence-electron chi connectivity index (χ2n) is 14.1. The fourth-order valence-electron chi connectivity index (χ4n) is 8.48. The minimum Gasteiger partial charge on any atom is -0.496 e. The Morgan fingerprint density at radius 2 is 1.54 bits per heavy atom. The maximum atomic E-state index is 14.9. The zero-order valence-electron chi connectivity index (χ0n) is 27.8. The highest BCUT2D eigenvalue weighted by molar-refractivity contribution is 9.09. The first-order chi connectivity index (χ1) is 23.0. The Balaban J connectivity index is 1.39. The molecule has 0 aromatic heterocycles. The molecule has 2 fully saturated rings. The van der Waals surface area contributed by atoms with Crippen LogP contribution >= 0.6 is 15.9 Å². The molecule has 8 heteroatoms. The van der Waals surface area contributed by atoms with Gasteiger partial charge in [0.05, 0.1) is 38.8 Å². The SMILES string of the molecule is COc1ccc(F)cc1[C@@]1(O)[C@H](O)CC(c2ccccc2)(c2ccccc2)[C@@H]2C(Br)N(C(=O)CCC[N+](C)(C)Cc3ccccc3)C[C@@H]21. The van der Waals surface area contributed by atoms with Crippen LogP contribution in [0.1, 0.15) is 41.5 Å². The maximum absolute atomic E-state index is 14.9. The van der Waals surface area contributed by atoms with Crippen molar-refractivity contribution in [2.24, 2.45) is 11.8 Å². The molecule has 2 N–H and O–H groups in total. The number of likely N-dealkylation sites (tertiary alicyclic amines) is 1. The summed E-state index contributed by atoms with van der Waals surface area (Å²) in [5.74, 6) is -1.33. The number of aliphatic hydroxyl groups excluding tert-OH is 1.